The number of anilines is 3. The van der Waals surface area contributed by atoms with Crippen molar-refractivity contribution in [1.29, 1.82) is 0 Å². The van der Waals surface area contributed by atoms with E-state index in [0.29, 0.717) is 16.7 Å². The molecule has 0 unspecified atom stereocenters. The summed E-state index contributed by atoms with van der Waals surface area (Å²) in [5, 5.41) is 10.3. The molecule has 0 spiro atoms. The predicted octanol–water partition coefficient (Wildman–Crippen LogP) is 5.75. The predicted molar refractivity (Wildman–Crippen MR) is 117 cm³/mol. The first-order chi connectivity index (χ1) is 13.7. The SMILES string of the molecule is COc1ccc(Nc2nc(NCCc3cccs3)c3ccccc3n2)cc1Cl. The Kier molecular flexibility index (Phi) is 5.60. The summed E-state index contributed by atoms with van der Waals surface area (Å²) in [6, 6.07) is 17.7. The third kappa shape index (κ3) is 4.18. The van der Waals surface area contributed by atoms with Gasteiger partial charge in [-0.3, -0.25) is 0 Å². The molecule has 2 aromatic heterocycles. The number of para-hydroxylation sites is 1. The van der Waals surface area contributed by atoms with Crippen molar-refractivity contribution >= 4 is 51.3 Å². The minimum Gasteiger partial charge on any atom is -0.495 e. The van der Waals surface area contributed by atoms with Gasteiger partial charge in [-0.2, -0.15) is 4.98 Å². The van der Waals surface area contributed by atoms with Crippen molar-refractivity contribution in [2.75, 3.05) is 24.3 Å². The van der Waals surface area contributed by atoms with Gasteiger partial charge in [-0.1, -0.05) is 29.8 Å². The highest BCUT2D eigenvalue weighted by Gasteiger charge is 2.09. The van der Waals surface area contributed by atoms with Gasteiger partial charge in [-0.25, -0.2) is 4.98 Å². The van der Waals surface area contributed by atoms with E-state index in [0.717, 1.165) is 35.4 Å². The van der Waals surface area contributed by atoms with Gasteiger partial charge in [0.25, 0.3) is 0 Å². The second-order valence-corrected chi connectivity index (χ2v) is 7.58. The molecule has 0 saturated carbocycles. The molecule has 0 saturated heterocycles. The minimum atomic E-state index is 0.513. The van der Waals surface area contributed by atoms with Crippen molar-refractivity contribution in [2.24, 2.45) is 0 Å². The molecule has 2 N–H and O–H groups in total. The number of methoxy groups -OCH3 is 1. The highest BCUT2D eigenvalue weighted by Crippen LogP contribution is 2.29. The number of ether oxygens (including phenoxy) is 1. The van der Waals surface area contributed by atoms with Crippen LogP contribution in [0.2, 0.25) is 5.02 Å². The topological polar surface area (TPSA) is 59.1 Å². The summed E-state index contributed by atoms with van der Waals surface area (Å²) in [7, 11) is 1.59. The lowest BCUT2D eigenvalue weighted by atomic mass is 10.2. The molecular weight excluding hydrogens is 392 g/mol. The maximum absolute atomic E-state index is 6.22. The monoisotopic (exact) mass is 410 g/mol. The lowest BCUT2D eigenvalue weighted by molar-refractivity contribution is 0.415. The van der Waals surface area contributed by atoms with E-state index in [-0.39, 0.29) is 0 Å². The smallest absolute Gasteiger partial charge is 0.229 e. The van der Waals surface area contributed by atoms with E-state index >= 15 is 0 Å². The molecule has 0 aliphatic rings. The van der Waals surface area contributed by atoms with Crippen LogP contribution in [0.4, 0.5) is 17.5 Å². The molecule has 5 nitrogen and oxygen atoms in total. The van der Waals surface area contributed by atoms with Crippen molar-refractivity contribution in [2.45, 2.75) is 6.42 Å². The Hall–Kier alpha value is -2.83. The van der Waals surface area contributed by atoms with Gasteiger partial charge in [-0.15, -0.1) is 11.3 Å². The van der Waals surface area contributed by atoms with Crippen LogP contribution in [0.15, 0.2) is 60.0 Å². The number of halogens is 1. The maximum Gasteiger partial charge on any atom is 0.229 e. The summed E-state index contributed by atoms with van der Waals surface area (Å²) in [5.41, 5.74) is 1.67. The first-order valence-corrected chi connectivity index (χ1v) is 10.1. The number of aromatic nitrogens is 2. The molecule has 0 aliphatic heterocycles. The van der Waals surface area contributed by atoms with Crippen LogP contribution >= 0.6 is 22.9 Å². The van der Waals surface area contributed by atoms with Gasteiger partial charge in [0, 0.05) is 22.5 Å². The molecule has 2 aromatic carbocycles. The minimum absolute atomic E-state index is 0.513. The molecule has 0 amide bonds. The molecule has 142 valence electrons. The number of fused-ring (bicyclic) bond motifs is 1. The molecule has 28 heavy (non-hydrogen) atoms. The van der Waals surface area contributed by atoms with Gasteiger partial charge in [-0.05, 0) is 48.2 Å². The quantitative estimate of drug-likeness (QED) is 0.406. The second-order valence-electron chi connectivity index (χ2n) is 6.14. The standard InChI is InChI=1S/C21H19ClN4OS/c1-27-19-9-8-14(13-17(19)22)24-21-25-18-7-3-2-6-16(18)20(26-21)23-11-10-15-5-4-12-28-15/h2-9,12-13H,10-11H2,1H3,(H2,23,24,25,26). The summed E-state index contributed by atoms with van der Waals surface area (Å²) in [5.74, 6) is 1.95. The highest BCUT2D eigenvalue weighted by molar-refractivity contribution is 7.09. The van der Waals surface area contributed by atoms with E-state index in [9.17, 15) is 0 Å². The summed E-state index contributed by atoms with van der Waals surface area (Å²) < 4.78 is 5.20. The average Bonchev–Trinajstić information content (AvgIpc) is 3.22. The lowest BCUT2D eigenvalue weighted by Crippen LogP contribution is -2.08. The molecule has 0 aliphatic carbocycles. The molecule has 2 heterocycles. The number of thiophene rings is 1. The fourth-order valence-corrected chi connectivity index (χ4v) is 3.87. The summed E-state index contributed by atoms with van der Waals surface area (Å²) in [4.78, 5) is 10.7. The van der Waals surface area contributed by atoms with Gasteiger partial charge >= 0.3 is 0 Å². The van der Waals surface area contributed by atoms with E-state index in [1.165, 1.54) is 4.88 Å². The first kappa shape index (κ1) is 18.5. The van der Waals surface area contributed by atoms with E-state index in [1.807, 2.05) is 36.4 Å². The van der Waals surface area contributed by atoms with E-state index in [2.05, 4.69) is 38.1 Å². The number of nitrogens with one attached hydrogen (secondary N) is 2. The third-order valence-corrected chi connectivity index (χ3v) is 5.49. The van der Waals surface area contributed by atoms with E-state index in [1.54, 1.807) is 24.5 Å². The van der Waals surface area contributed by atoms with E-state index in [4.69, 9.17) is 16.3 Å². The van der Waals surface area contributed by atoms with Gasteiger partial charge in [0.15, 0.2) is 0 Å². The number of benzene rings is 2. The van der Waals surface area contributed by atoms with Crippen molar-refractivity contribution in [3.8, 4) is 5.75 Å². The number of hydrogen-bond donors (Lipinski definition) is 2. The Labute approximate surface area is 172 Å². The van der Waals surface area contributed by atoms with Crippen LogP contribution in [0.1, 0.15) is 4.88 Å². The van der Waals surface area contributed by atoms with Crippen LogP contribution < -0.4 is 15.4 Å². The summed E-state index contributed by atoms with van der Waals surface area (Å²) in [6.45, 7) is 0.801. The zero-order valence-electron chi connectivity index (χ0n) is 15.3. The molecule has 0 atom stereocenters. The van der Waals surface area contributed by atoms with Crippen LogP contribution in [-0.4, -0.2) is 23.6 Å². The maximum atomic E-state index is 6.22. The van der Waals surface area contributed by atoms with Crippen LogP contribution in [0, 0.1) is 0 Å². The van der Waals surface area contributed by atoms with Crippen molar-refractivity contribution in [1.82, 2.24) is 9.97 Å². The molecule has 7 heteroatoms. The van der Waals surface area contributed by atoms with Gasteiger partial charge in [0.2, 0.25) is 5.95 Å². The lowest BCUT2D eigenvalue weighted by Gasteiger charge is -2.12. The van der Waals surface area contributed by atoms with Gasteiger partial charge in [0.1, 0.15) is 11.6 Å². The molecule has 4 aromatic rings. The summed E-state index contributed by atoms with van der Waals surface area (Å²) in [6.07, 6.45) is 0.951. The molecular formula is C21H19ClN4OS. The number of hydrogen-bond acceptors (Lipinski definition) is 6. The molecule has 4 rings (SSSR count). The van der Waals surface area contributed by atoms with Crippen molar-refractivity contribution < 1.29 is 4.74 Å². The third-order valence-electron chi connectivity index (χ3n) is 4.26. The second kappa shape index (κ2) is 8.46. The highest BCUT2D eigenvalue weighted by atomic mass is 35.5. The van der Waals surface area contributed by atoms with Crippen molar-refractivity contribution in [3.05, 3.63) is 69.9 Å². The van der Waals surface area contributed by atoms with Crippen LogP contribution in [-0.2, 0) is 6.42 Å². The Morgan fingerprint density at radius 1 is 1.07 bits per heavy atom. The zero-order valence-corrected chi connectivity index (χ0v) is 16.8. The Bertz CT molecular complexity index is 1090. The van der Waals surface area contributed by atoms with Crippen LogP contribution in [0.5, 0.6) is 5.75 Å². The first-order valence-electron chi connectivity index (χ1n) is 8.86. The Morgan fingerprint density at radius 2 is 1.96 bits per heavy atom. The number of nitrogens with zero attached hydrogens (tertiary/aromatic N) is 2. The number of rotatable bonds is 7. The van der Waals surface area contributed by atoms with Crippen molar-refractivity contribution in [3.63, 3.8) is 0 Å². The fourth-order valence-electron chi connectivity index (χ4n) is 2.90. The van der Waals surface area contributed by atoms with Gasteiger partial charge < -0.3 is 15.4 Å². The zero-order chi connectivity index (χ0) is 19.3. The largest absolute Gasteiger partial charge is 0.495 e. The normalized spacial score (nSPS) is 10.8. The Balaban J connectivity index is 1.59. The molecule has 0 bridgehead atoms. The van der Waals surface area contributed by atoms with Crippen LogP contribution in [0.3, 0.4) is 0 Å². The Morgan fingerprint density at radius 3 is 2.75 bits per heavy atom. The average molecular weight is 411 g/mol. The molecule has 0 fully saturated rings. The van der Waals surface area contributed by atoms with E-state index < -0.39 is 0 Å². The van der Waals surface area contributed by atoms with Crippen LogP contribution in [0.25, 0.3) is 10.9 Å². The fraction of sp³-hybridized carbons (Fsp3) is 0.143. The molecule has 0 radical (unpaired) electrons. The summed E-state index contributed by atoms with van der Waals surface area (Å²) >= 11 is 7.99. The van der Waals surface area contributed by atoms with Gasteiger partial charge in [0.05, 0.1) is 17.6 Å².